The highest BCUT2D eigenvalue weighted by Crippen LogP contribution is 2.38. The average molecular weight is 569 g/mol. The SMILES string of the molecule is CCOCCOc1ccc(P(c2ccc(OCCOCC)cc2C)c2ccc(OCCOCC)cc2C)c(C)c1. The molecule has 0 aliphatic heterocycles. The van der Waals surface area contributed by atoms with E-state index in [0.717, 1.165) is 17.2 Å². The van der Waals surface area contributed by atoms with E-state index in [-0.39, 0.29) is 0 Å². The fourth-order valence-electron chi connectivity index (χ4n) is 4.38. The summed E-state index contributed by atoms with van der Waals surface area (Å²) in [6.45, 7) is 17.9. The molecule has 6 nitrogen and oxygen atoms in total. The molecular formula is C33H45O6P. The Morgan fingerprint density at radius 3 is 1.00 bits per heavy atom. The van der Waals surface area contributed by atoms with Crippen molar-refractivity contribution in [2.45, 2.75) is 41.5 Å². The molecule has 0 aliphatic carbocycles. The lowest BCUT2D eigenvalue weighted by Gasteiger charge is -2.25. The molecule has 0 aromatic heterocycles. The monoisotopic (exact) mass is 568 g/mol. The van der Waals surface area contributed by atoms with Crippen molar-refractivity contribution >= 4 is 23.8 Å². The Labute approximate surface area is 241 Å². The molecule has 3 aromatic rings. The molecule has 0 fully saturated rings. The summed E-state index contributed by atoms with van der Waals surface area (Å²) in [6.07, 6.45) is 0. The first-order chi connectivity index (χ1) is 19.5. The van der Waals surface area contributed by atoms with Crippen LogP contribution in [-0.4, -0.2) is 59.5 Å². The molecule has 3 aromatic carbocycles. The van der Waals surface area contributed by atoms with E-state index in [1.165, 1.54) is 32.6 Å². The molecule has 7 heteroatoms. The first kappa shape index (κ1) is 31.9. The summed E-state index contributed by atoms with van der Waals surface area (Å²) in [4.78, 5) is 0. The minimum absolute atomic E-state index is 0.537. The smallest absolute Gasteiger partial charge is 0.119 e. The Kier molecular flexibility index (Phi) is 13.7. The Hall–Kier alpha value is -2.63. The van der Waals surface area contributed by atoms with Crippen molar-refractivity contribution in [3.63, 3.8) is 0 Å². The standard InChI is InChI=1S/C33H45O6P/c1-7-34-16-19-37-28-10-13-31(25(4)22-28)40(32-14-11-29(23-26(32)5)38-20-17-35-8-2)33-15-12-30(24-27(33)6)39-21-18-36-9-3/h10-15,22-24H,7-9,16-21H2,1-6H3. The number of hydrogen-bond donors (Lipinski definition) is 0. The van der Waals surface area contributed by atoms with Crippen molar-refractivity contribution in [3.8, 4) is 17.2 Å². The fourth-order valence-corrected chi connectivity index (χ4v) is 7.08. The number of ether oxygens (including phenoxy) is 6. The van der Waals surface area contributed by atoms with Gasteiger partial charge in [-0.25, -0.2) is 0 Å². The van der Waals surface area contributed by atoms with E-state index < -0.39 is 7.92 Å². The van der Waals surface area contributed by atoms with Gasteiger partial charge in [0.05, 0.1) is 19.8 Å². The van der Waals surface area contributed by atoms with E-state index in [1.54, 1.807) is 0 Å². The highest BCUT2D eigenvalue weighted by atomic mass is 31.1. The lowest BCUT2D eigenvalue weighted by molar-refractivity contribution is 0.110. The summed E-state index contributed by atoms with van der Waals surface area (Å²) in [6, 6.07) is 19.3. The second-order valence-electron chi connectivity index (χ2n) is 9.32. The van der Waals surface area contributed by atoms with Crippen molar-refractivity contribution < 1.29 is 28.4 Å². The van der Waals surface area contributed by atoms with Gasteiger partial charge in [-0.05, 0) is 137 Å². The summed E-state index contributed by atoms with van der Waals surface area (Å²) in [5, 5.41) is 3.90. The van der Waals surface area contributed by atoms with Crippen LogP contribution in [0, 0.1) is 20.8 Å². The van der Waals surface area contributed by atoms with Gasteiger partial charge in [0, 0.05) is 19.8 Å². The summed E-state index contributed by atoms with van der Waals surface area (Å²) >= 11 is 0. The van der Waals surface area contributed by atoms with E-state index in [0.29, 0.717) is 59.5 Å². The molecule has 0 bridgehead atoms. The summed E-state index contributed by atoms with van der Waals surface area (Å²) in [5.41, 5.74) is 3.61. The molecule has 0 amide bonds. The minimum atomic E-state index is -0.842. The van der Waals surface area contributed by atoms with Crippen LogP contribution in [0.15, 0.2) is 54.6 Å². The minimum Gasteiger partial charge on any atom is -0.491 e. The third kappa shape index (κ3) is 9.49. The third-order valence-electron chi connectivity index (χ3n) is 6.33. The van der Waals surface area contributed by atoms with E-state index in [2.05, 4.69) is 75.4 Å². The molecular weight excluding hydrogens is 523 g/mol. The van der Waals surface area contributed by atoms with E-state index >= 15 is 0 Å². The average Bonchev–Trinajstić information content (AvgIpc) is 2.94. The largest absolute Gasteiger partial charge is 0.491 e. The zero-order valence-corrected chi connectivity index (χ0v) is 25.9. The van der Waals surface area contributed by atoms with Crippen LogP contribution in [0.25, 0.3) is 0 Å². The van der Waals surface area contributed by atoms with Gasteiger partial charge < -0.3 is 28.4 Å². The Morgan fingerprint density at radius 2 is 0.750 bits per heavy atom. The van der Waals surface area contributed by atoms with Crippen LogP contribution in [0.4, 0.5) is 0 Å². The second-order valence-corrected chi connectivity index (χ2v) is 11.4. The first-order valence-electron chi connectivity index (χ1n) is 14.2. The third-order valence-corrected chi connectivity index (χ3v) is 9.28. The van der Waals surface area contributed by atoms with Gasteiger partial charge in [-0.15, -0.1) is 0 Å². The number of rotatable bonds is 18. The Morgan fingerprint density at radius 1 is 0.450 bits per heavy atom. The molecule has 0 radical (unpaired) electrons. The van der Waals surface area contributed by atoms with Crippen molar-refractivity contribution in [1.29, 1.82) is 0 Å². The summed E-state index contributed by atoms with van der Waals surface area (Å²) < 4.78 is 34.1. The molecule has 0 aliphatic rings. The first-order valence-corrected chi connectivity index (χ1v) is 15.6. The molecule has 0 unspecified atom stereocenters. The lowest BCUT2D eigenvalue weighted by Crippen LogP contribution is -2.26. The van der Waals surface area contributed by atoms with Gasteiger partial charge in [0.1, 0.15) is 37.1 Å². The van der Waals surface area contributed by atoms with Gasteiger partial charge >= 0.3 is 0 Å². The maximum atomic E-state index is 5.95. The van der Waals surface area contributed by atoms with Gasteiger partial charge in [0.15, 0.2) is 0 Å². The molecule has 40 heavy (non-hydrogen) atoms. The van der Waals surface area contributed by atoms with Crippen molar-refractivity contribution in [3.05, 3.63) is 71.3 Å². The van der Waals surface area contributed by atoms with Crippen LogP contribution >= 0.6 is 7.92 Å². The highest BCUT2D eigenvalue weighted by Gasteiger charge is 2.23. The van der Waals surface area contributed by atoms with Crippen LogP contribution in [0.5, 0.6) is 17.2 Å². The highest BCUT2D eigenvalue weighted by molar-refractivity contribution is 7.80. The van der Waals surface area contributed by atoms with Crippen molar-refractivity contribution in [2.24, 2.45) is 0 Å². The van der Waals surface area contributed by atoms with Crippen LogP contribution in [0.1, 0.15) is 37.5 Å². The molecule has 0 spiro atoms. The zero-order chi connectivity index (χ0) is 28.7. The maximum absolute atomic E-state index is 5.95. The fraction of sp³-hybridized carbons (Fsp3) is 0.455. The van der Waals surface area contributed by atoms with Crippen LogP contribution < -0.4 is 30.1 Å². The molecule has 0 atom stereocenters. The van der Waals surface area contributed by atoms with Gasteiger partial charge in [-0.1, -0.05) is 0 Å². The van der Waals surface area contributed by atoms with Crippen LogP contribution in [0.3, 0.4) is 0 Å². The molecule has 218 valence electrons. The number of hydrogen-bond acceptors (Lipinski definition) is 6. The zero-order valence-electron chi connectivity index (χ0n) is 25.0. The Bertz CT molecular complexity index is 1040. The van der Waals surface area contributed by atoms with Gasteiger partial charge in [-0.2, -0.15) is 0 Å². The Balaban J connectivity index is 1.94. The topological polar surface area (TPSA) is 55.4 Å². The molecule has 0 saturated heterocycles. The molecule has 0 saturated carbocycles. The predicted octanol–water partition coefficient (Wildman–Crippen LogP) is 5.62. The van der Waals surface area contributed by atoms with E-state index in [1.807, 2.05) is 20.8 Å². The van der Waals surface area contributed by atoms with Crippen molar-refractivity contribution in [2.75, 3.05) is 59.5 Å². The molecule has 0 N–H and O–H groups in total. The number of benzene rings is 3. The normalized spacial score (nSPS) is 11.2. The van der Waals surface area contributed by atoms with Crippen LogP contribution in [-0.2, 0) is 14.2 Å². The summed E-state index contributed by atoms with van der Waals surface area (Å²) in [7, 11) is -0.842. The van der Waals surface area contributed by atoms with Crippen molar-refractivity contribution in [1.82, 2.24) is 0 Å². The van der Waals surface area contributed by atoms with E-state index in [9.17, 15) is 0 Å². The molecule has 0 heterocycles. The maximum Gasteiger partial charge on any atom is 0.119 e. The van der Waals surface area contributed by atoms with E-state index in [4.69, 9.17) is 28.4 Å². The van der Waals surface area contributed by atoms with Crippen LogP contribution in [0.2, 0.25) is 0 Å². The predicted molar refractivity (Wildman–Crippen MR) is 165 cm³/mol. The van der Waals surface area contributed by atoms with Gasteiger partial charge in [0.2, 0.25) is 0 Å². The summed E-state index contributed by atoms with van der Waals surface area (Å²) in [5.74, 6) is 2.58. The van der Waals surface area contributed by atoms with Gasteiger partial charge in [0.25, 0.3) is 0 Å². The van der Waals surface area contributed by atoms with Gasteiger partial charge in [-0.3, -0.25) is 0 Å². The second kappa shape index (κ2) is 17.2. The molecule has 3 rings (SSSR count). The number of aryl methyl sites for hydroxylation is 3. The quantitative estimate of drug-likeness (QED) is 0.147. The lowest BCUT2D eigenvalue weighted by atomic mass is 10.2.